The van der Waals surface area contributed by atoms with Crippen molar-refractivity contribution < 1.29 is 44.3 Å². The molecular weight excluding hydrogens is 294 g/mol. The summed E-state index contributed by atoms with van der Waals surface area (Å²) in [5.41, 5.74) is -6.19. The van der Waals surface area contributed by atoms with Crippen LogP contribution in [0.25, 0.3) is 0 Å². The van der Waals surface area contributed by atoms with Gasteiger partial charge in [-0.05, 0) is 11.6 Å². The monoisotopic (exact) mass is 294 g/mol. The molecule has 0 spiro atoms. The molecule has 0 bridgehead atoms. The minimum atomic E-state index is -6.76. The van der Waals surface area contributed by atoms with Crippen LogP contribution < -0.4 is 0 Å². The fraction of sp³-hybridized carbons (Fsp3) is 0.833. The first-order chi connectivity index (χ1) is 7.19. The van der Waals surface area contributed by atoms with Gasteiger partial charge in [-0.2, -0.15) is 35.1 Å². The summed E-state index contributed by atoms with van der Waals surface area (Å²) in [6.07, 6.45) is 0. The Bertz CT molecular complexity index is 350. The van der Waals surface area contributed by atoms with Gasteiger partial charge in [-0.1, -0.05) is 0 Å². The van der Waals surface area contributed by atoms with Gasteiger partial charge in [-0.15, -0.1) is 0 Å². The first kappa shape index (κ1) is 14.4. The molecule has 0 aliphatic heterocycles. The van der Waals surface area contributed by atoms with E-state index in [9.17, 15) is 44.3 Å². The van der Waals surface area contributed by atoms with Gasteiger partial charge in [0, 0.05) is 0 Å². The van der Waals surface area contributed by atoms with Crippen LogP contribution in [-0.4, -0.2) is 34.6 Å². The molecule has 0 amide bonds. The lowest BCUT2D eigenvalue weighted by atomic mass is 9.99. The molecule has 0 saturated heterocycles. The maximum Gasteiger partial charge on any atom is 0.382 e. The molecule has 0 radical (unpaired) electrons. The summed E-state index contributed by atoms with van der Waals surface area (Å²) < 4.78 is 113. The molecule has 11 heteroatoms. The second-order valence-corrected chi connectivity index (χ2v) is 3.57. The molecule has 1 aliphatic rings. The van der Waals surface area contributed by atoms with Crippen molar-refractivity contribution in [3.05, 3.63) is 0 Å². The van der Waals surface area contributed by atoms with Gasteiger partial charge in [0.15, 0.2) is 0 Å². The van der Waals surface area contributed by atoms with E-state index >= 15 is 0 Å². The van der Waals surface area contributed by atoms with Gasteiger partial charge in [0.05, 0.1) is 0 Å². The second kappa shape index (κ2) is 3.01. The normalized spacial score (nSPS) is 31.2. The van der Waals surface area contributed by atoms with Crippen LogP contribution in [0.4, 0.5) is 39.5 Å². The zero-order valence-corrected chi connectivity index (χ0v) is 7.94. The fourth-order valence-electron chi connectivity index (χ4n) is 1.27. The molecule has 100 valence electrons. The lowest BCUT2D eigenvalue weighted by molar-refractivity contribution is -0.303. The molecule has 0 N–H and O–H groups in total. The Hall–Kier alpha value is -0.670. The Morgan fingerprint density at radius 1 is 0.647 bits per heavy atom. The maximum atomic E-state index is 13.0. The molecule has 1 nitrogen and oxygen atoms in total. The smallest absolute Gasteiger partial charge is 0.277 e. The van der Waals surface area contributed by atoms with Crippen LogP contribution in [0.2, 0.25) is 0 Å². The number of halogens is 10. The Kier molecular flexibility index (Phi) is 2.55. The molecule has 0 atom stereocenters. The van der Waals surface area contributed by atoms with Gasteiger partial charge in [0.1, 0.15) is 0 Å². The Balaban J connectivity index is 3.71. The van der Waals surface area contributed by atoms with E-state index in [-0.39, 0.29) is 0 Å². The van der Waals surface area contributed by atoms with Crippen LogP contribution >= 0.6 is 11.6 Å². The molecule has 1 fully saturated rings. The van der Waals surface area contributed by atoms with E-state index in [1.54, 1.807) is 0 Å². The summed E-state index contributed by atoms with van der Waals surface area (Å²) >= 11 is 4.01. The third kappa shape index (κ3) is 1.08. The van der Waals surface area contributed by atoms with Crippen LogP contribution in [0.3, 0.4) is 0 Å². The number of carbonyl (C=O) groups is 1. The zero-order chi connectivity index (χ0) is 14.1. The highest BCUT2D eigenvalue weighted by atomic mass is 35.5. The van der Waals surface area contributed by atoms with Crippen molar-refractivity contribution in [2.24, 2.45) is 0 Å². The van der Waals surface area contributed by atoms with E-state index in [1.165, 1.54) is 0 Å². The molecule has 0 unspecified atom stereocenters. The van der Waals surface area contributed by atoms with E-state index in [0.29, 0.717) is 0 Å². The van der Waals surface area contributed by atoms with Crippen molar-refractivity contribution in [3.8, 4) is 0 Å². The number of hydrogen-bond donors (Lipinski definition) is 0. The first-order valence-corrected chi connectivity index (χ1v) is 3.97. The number of rotatable bonds is 1. The largest absolute Gasteiger partial charge is 0.382 e. The Morgan fingerprint density at radius 3 is 1.00 bits per heavy atom. The molecule has 0 aromatic carbocycles. The van der Waals surface area contributed by atoms with E-state index in [2.05, 4.69) is 11.6 Å². The van der Waals surface area contributed by atoms with Crippen molar-refractivity contribution in [3.63, 3.8) is 0 Å². The van der Waals surface area contributed by atoms with Crippen LogP contribution in [0.5, 0.6) is 0 Å². The van der Waals surface area contributed by atoms with Crippen LogP contribution in [0.1, 0.15) is 0 Å². The van der Waals surface area contributed by atoms with Crippen molar-refractivity contribution >= 4 is 16.8 Å². The summed E-state index contributed by atoms with van der Waals surface area (Å²) in [7, 11) is 0. The highest BCUT2D eigenvalue weighted by Crippen LogP contribution is 2.69. The van der Waals surface area contributed by atoms with E-state index in [4.69, 9.17) is 0 Å². The lowest BCUT2D eigenvalue weighted by Crippen LogP contribution is -2.58. The SMILES string of the molecule is O=C(Cl)C1(F)C(F)(F)C(F)(F)C(F)(F)C1(F)F. The summed E-state index contributed by atoms with van der Waals surface area (Å²) in [6, 6.07) is 0. The van der Waals surface area contributed by atoms with Crippen molar-refractivity contribution in [1.82, 2.24) is 0 Å². The predicted octanol–water partition coefficient (Wildman–Crippen LogP) is 3.01. The van der Waals surface area contributed by atoms with Gasteiger partial charge in [-0.3, -0.25) is 4.79 Å². The quantitative estimate of drug-likeness (QED) is 0.537. The maximum absolute atomic E-state index is 13.0. The van der Waals surface area contributed by atoms with Crippen molar-refractivity contribution in [1.29, 1.82) is 0 Å². The molecule has 0 aromatic rings. The minimum Gasteiger partial charge on any atom is -0.277 e. The second-order valence-electron chi connectivity index (χ2n) is 3.23. The van der Waals surface area contributed by atoms with Crippen LogP contribution in [-0.2, 0) is 4.79 Å². The summed E-state index contributed by atoms with van der Waals surface area (Å²) in [6.45, 7) is 0. The standard InChI is InChI=1S/C6ClF9O/c7-1(17)2(8)3(9,10)5(13,14)6(15,16)4(2,11)12. The molecule has 1 rings (SSSR count). The molecular formula is C6ClF9O. The van der Waals surface area contributed by atoms with Crippen LogP contribution in [0, 0.1) is 0 Å². The lowest BCUT2D eigenvalue weighted by Gasteiger charge is -2.26. The average Bonchev–Trinajstić information content (AvgIpc) is 2.17. The Morgan fingerprint density at radius 2 is 0.882 bits per heavy atom. The number of hydrogen-bond acceptors (Lipinski definition) is 1. The Labute approximate surface area is 91.5 Å². The average molecular weight is 294 g/mol. The number of alkyl halides is 9. The highest BCUT2D eigenvalue weighted by Gasteiger charge is 3.02. The van der Waals surface area contributed by atoms with Crippen molar-refractivity contribution in [2.45, 2.75) is 29.4 Å². The van der Waals surface area contributed by atoms with Gasteiger partial charge in [-0.25, -0.2) is 4.39 Å². The molecule has 1 aliphatic carbocycles. The van der Waals surface area contributed by atoms with E-state index in [1.807, 2.05) is 0 Å². The minimum absolute atomic E-state index is 3.33. The van der Waals surface area contributed by atoms with Crippen LogP contribution in [0.15, 0.2) is 0 Å². The number of carbonyl (C=O) groups excluding carboxylic acids is 1. The fourth-order valence-corrected chi connectivity index (χ4v) is 1.51. The first-order valence-electron chi connectivity index (χ1n) is 3.59. The third-order valence-corrected chi connectivity index (χ3v) is 2.58. The van der Waals surface area contributed by atoms with E-state index < -0.39 is 34.6 Å². The van der Waals surface area contributed by atoms with Gasteiger partial charge in [0.25, 0.3) is 5.24 Å². The molecule has 17 heavy (non-hydrogen) atoms. The third-order valence-electron chi connectivity index (χ3n) is 2.32. The summed E-state index contributed by atoms with van der Waals surface area (Å²) in [5, 5.41) is -3.33. The molecule has 1 saturated carbocycles. The summed E-state index contributed by atoms with van der Waals surface area (Å²) in [5.74, 6) is -26.8. The molecule has 0 heterocycles. The van der Waals surface area contributed by atoms with E-state index in [0.717, 1.165) is 0 Å². The van der Waals surface area contributed by atoms with Crippen molar-refractivity contribution in [2.75, 3.05) is 0 Å². The van der Waals surface area contributed by atoms with Gasteiger partial charge >= 0.3 is 29.4 Å². The van der Waals surface area contributed by atoms with Gasteiger partial charge < -0.3 is 0 Å². The summed E-state index contributed by atoms with van der Waals surface area (Å²) in [4.78, 5) is 10.1. The van der Waals surface area contributed by atoms with Gasteiger partial charge in [0.2, 0.25) is 0 Å². The molecule has 0 aromatic heterocycles. The highest BCUT2D eigenvalue weighted by molar-refractivity contribution is 6.65. The topological polar surface area (TPSA) is 17.1 Å². The zero-order valence-electron chi connectivity index (χ0n) is 7.19. The predicted molar refractivity (Wildman–Crippen MR) is 34.5 cm³/mol.